The molecular weight excluding hydrogens is 160 g/mol. The zero-order valence-electron chi connectivity index (χ0n) is 8.93. The molecular formula is C11H20N2. The van der Waals surface area contributed by atoms with Crippen LogP contribution in [0.1, 0.15) is 33.6 Å². The second kappa shape index (κ2) is 5.18. The number of aliphatic imine (C=N–C) groups is 1. The molecule has 1 aliphatic rings. The average molecular weight is 180 g/mol. The van der Waals surface area contributed by atoms with Gasteiger partial charge in [0.2, 0.25) is 0 Å². The second-order valence-corrected chi connectivity index (χ2v) is 3.71. The molecule has 1 heterocycles. The fraction of sp³-hybridized carbons (Fsp3) is 0.727. The van der Waals surface area contributed by atoms with Crippen LogP contribution in [-0.2, 0) is 0 Å². The molecule has 1 N–H and O–H groups in total. The van der Waals surface area contributed by atoms with Crippen LogP contribution in [-0.4, -0.2) is 18.8 Å². The molecule has 2 nitrogen and oxygen atoms in total. The lowest BCUT2D eigenvalue weighted by atomic mass is 9.94. The molecule has 74 valence electrons. The summed E-state index contributed by atoms with van der Waals surface area (Å²) in [6.45, 7) is 8.54. The van der Waals surface area contributed by atoms with Gasteiger partial charge < -0.3 is 5.32 Å². The fourth-order valence-corrected chi connectivity index (χ4v) is 1.67. The highest BCUT2D eigenvalue weighted by Gasteiger charge is 2.15. The number of rotatable bonds is 2. The van der Waals surface area contributed by atoms with Gasteiger partial charge in [-0.3, -0.25) is 4.99 Å². The van der Waals surface area contributed by atoms with Crippen molar-refractivity contribution in [3.05, 3.63) is 11.8 Å². The quantitative estimate of drug-likeness (QED) is 0.648. The molecule has 0 atom stereocenters. The third-order valence-electron chi connectivity index (χ3n) is 2.70. The van der Waals surface area contributed by atoms with E-state index in [1.165, 1.54) is 18.6 Å². The Morgan fingerprint density at radius 2 is 1.92 bits per heavy atom. The maximum absolute atomic E-state index is 4.57. The van der Waals surface area contributed by atoms with E-state index in [0.29, 0.717) is 5.92 Å². The monoisotopic (exact) mass is 180 g/mol. The Labute approximate surface area is 81.1 Å². The van der Waals surface area contributed by atoms with Crippen LogP contribution in [0.4, 0.5) is 0 Å². The lowest BCUT2D eigenvalue weighted by Crippen LogP contribution is -2.30. The van der Waals surface area contributed by atoms with Crippen LogP contribution in [0.2, 0.25) is 0 Å². The molecule has 2 heteroatoms. The molecule has 0 radical (unpaired) electrons. The minimum Gasteiger partial charge on any atom is -0.317 e. The molecule has 0 unspecified atom stereocenters. The molecule has 0 saturated carbocycles. The van der Waals surface area contributed by atoms with Crippen LogP contribution in [0.25, 0.3) is 0 Å². The van der Waals surface area contributed by atoms with E-state index in [1.807, 2.05) is 6.92 Å². The van der Waals surface area contributed by atoms with E-state index in [9.17, 15) is 0 Å². The maximum Gasteiger partial charge on any atom is 0.0329 e. The molecule has 1 saturated heterocycles. The van der Waals surface area contributed by atoms with E-state index < -0.39 is 0 Å². The van der Waals surface area contributed by atoms with E-state index in [4.69, 9.17) is 0 Å². The standard InChI is InChI=1S/C11H20N2/c1-4-9(2)13-10(3)11-5-7-12-8-6-11/h4,11-12H,5-8H2,1-3H3/b9-4-,13-10?. The lowest BCUT2D eigenvalue weighted by Gasteiger charge is -2.22. The molecule has 13 heavy (non-hydrogen) atoms. The van der Waals surface area contributed by atoms with Crippen molar-refractivity contribution in [2.24, 2.45) is 10.9 Å². The molecule has 0 aromatic rings. The number of allylic oxidation sites excluding steroid dienone is 2. The van der Waals surface area contributed by atoms with Gasteiger partial charge in [-0.1, -0.05) is 6.08 Å². The second-order valence-electron chi connectivity index (χ2n) is 3.71. The van der Waals surface area contributed by atoms with Crippen molar-refractivity contribution >= 4 is 5.71 Å². The van der Waals surface area contributed by atoms with Gasteiger partial charge in [-0.05, 0) is 52.6 Å². The Balaban J connectivity index is 2.54. The van der Waals surface area contributed by atoms with Crippen LogP contribution >= 0.6 is 0 Å². The van der Waals surface area contributed by atoms with Crippen LogP contribution in [0.15, 0.2) is 16.8 Å². The summed E-state index contributed by atoms with van der Waals surface area (Å²) >= 11 is 0. The fourth-order valence-electron chi connectivity index (χ4n) is 1.67. The minimum atomic E-state index is 0.705. The number of piperidine rings is 1. The Bertz CT molecular complexity index is 210. The van der Waals surface area contributed by atoms with Gasteiger partial charge in [0.05, 0.1) is 0 Å². The SMILES string of the molecule is C/C=C(/C)N=C(C)C1CCNCC1. The average Bonchev–Trinajstić information content (AvgIpc) is 2.19. The lowest BCUT2D eigenvalue weighted by molar-refractivity contribution is 0.455. The van der Waals surface area contributed by atoms with E-state index in [-0.39, 0.29) is 0 Å². The predicted molar refractivity (Wildman–Crippen MR) is 58.1 cm³/mol. The van der Waals surface area contributed by atoms with E-state index in [0.717, 1.165) is 18.8 Å². The maximum atomic E-state index is 4.57. The van der Waals surface area contributed by atoms with Gasteiger partial charge in [-0.2, -0.15) is 0 Å². The summed E-state index contributed by atoms with van der Waals surface area (Å²) in [7, 11) is 0. The smallest absolute Gasteiger partial charge is 0.0329 e. The topological polar surface area (TPSA) is 24.4 Å². The van der Waals surface area contributed by atoms with Gasteiger partial charge in [0.1, 0.15) is 0 Å². The molecule has 0 aromatic heterocycles. The number of nitrogens with one attached hydrogen (secondary N) is 1. The molecule has 0 aromatic carbocycles. The van der Waals surface area contributed by atoms with Crippen molar-refractivity contribution < 1.29 is 0 Å². The van der Waals surface area contributed by atoms with Crippen LogP contribution in [0.5, 0.6) is 0 Å². The first-order chi connectivity index (χ1) is 6.24. The summed E-state index contributed by atoms with van der Waals surface area (Å²) in [5.74, 6) is 0.705. The first kappa shape index (κ1) is 10.5. The summed E-state index contributed by atoms with van der Waals surface area (Å²) in [6.07, 6.45) is 4.54. The van der Waals surface area contributed by atoms with Crippen molar-refractivity contribution in [2.45, 2.75) is 33.6 Å². The van der Waals surface area contributed by atoms with Crippen molar-refractivity contribution in [3.63, 3.8) is 0 Å². The number of hydrogen-bond acceptors (Lipinski definition) is 2. The largest absolute Gasteiger partial charge is 0.317 e. The predicted octanol–water partition coefficient (Wildman–Crippen LogP) is 2.37. The van der Waals surface area contributed by atoms with Crippen molar-refractivity contribution in [3.8, 4) is 0 Å². The van der Waals surface area contributed by atoms with Crippen molar-refractivity contribution in [1.82, 2.24) is 5.32 Å². The summed E-state index contributed by atoms with van der Waals surface area (Å²) in [4.78, 5) is 4.57. The third-order valence-corrected chi connectivity index (χ3v) is 2.70. The summed E-state index contributed by atoms with van der Waals surface area (Å²) in [5, 5.41) is 3.37. The highest BCUT2D eigenvalue weighted by molar-refractivity contribution is 5.85. The van der Waals surface area contributed by atoms with Gasteiger partial charge in [-0.25, -0.2) is 0 Å². The van der Waals surface area contributed by atoms with E-state index >= 15 is 0 Å². The molecule has 1 fully saturated rings. The highest BCUT2D eigenvalue weighted by Crippen LogP contribution is 2.14. The Kier molecular flexibility index (Phi) is 4.16. The van der Waals surface area contributed by atoms with Gasteiger partial charge in [0.15, 0.2) is 0 Å². The van der Waals surface area contributed by atoms with Gasteiger partial charge in [0.25, 0.3) is 0 Å². The number of nitrogens with zero attached hydrogens (tertiary/aromatic N) is 1. The van der Waals surface area contributed by atoms with Crippen LogP contribution in [0.3, 0.4) is 0 Å². The van der Waals surface area contributed by atoms with Crippen LogP contribution in [0, 0.1) is 5.92 Å². The summed E-state index contributed by atoms with van der Waals surface area (Å²) in [5.41, 5.74) is 2.44. The van der Waals surface area contributed by atoms with Crippen molar-refractivity contribution in [2.75, 3.05) is 13.1 Å². The van der Waals surface area contributed by atoms with E-state index in [2.05, 4.69) is 30.2 Å². The first-order valence-corrected chi connectivity index (χ1v) is 5.13. The number of hydrogen-bond donors (Lipinski definition) is 1. The zero-order chi connectivity index (χ0) is 9.68. The molecule has 0 spiro atoms. The summed E-state index contributed by atoms with van der Waals surface area (Å²) in [6, 6.07) is 0. The van der Waals surface area contributed by atoms with Crippen LogP contribution < -0.4 is 5.32 Å². The Morgan fingerprint density at radius 1 is 1.31 bits per heavy atom. The third kappa shape index (κ3) is 3.31. The zero-order valence-corrected chi connectivity index (χ0v) is 8.93. The Hall–Kier alpha value is -0.630. The first-order valence-electron chi connectivity index (χ1n) is 5.13. The highest BCUT2D eigenvalue weighted by atomic mass is 14.9. The molecule has 0 amide bonds. The normalized spacial score (nSPS) is 22.1. The molecule has 0 aliphatic carbocycles. The van der Waals surface area contributed by atoms with Gasteiger partial charge in [-0.15, -0.1) is 0 Å². The minimum absolute atomic E-state index is 0.705. The van der Waals surface area contributed by atoms with E-state index in [1.54, 1.807) is 0 Å². The van der Waals surface area contributed by atoms with Gasteiger partial charge in [0, 0.05) is 11.4 Å². The molecule has 1 rings (SSSR count). The molecule has 1 aliphatic heterocycles. The summed E-state index contributed by atoms with van der Waals surface area (Å²) < 4.78 is 0. The molecule has 0 bridgehead atoms. The van der Waals surface area contributed by atoms with Crippen molar-refractivity contribution in [1.29, 1.82) is 0 Å². The Morgan fingerprint density at radius 3 is 2.46 bits per heavy atom. The van der Waals surface area contributed by atoms with Gasteiger partial charge >= 0.3 is 0 Å².